The van der Waals surface area contributed by atoms with Crippen LogP contribution in [0.5, 0.6) is 0 Å². The topological polar surface area (TPSA) is 58.9 Å². The van der Waals surface area contributed by atoms with Crippen LogP contribution in [-0.4, -0.2) is 35.6 Å². The third-order valence-electron chi connectivity index (χ3n) is 7.71. The van der Waals surface area contributed by atoms with Gasteiger partial charge in [-0.05, 0) is 88.8 Å². The summed E-state index contributed by atoms with van der Waals surface area (Å²) in [6.45, 7) is 21.1. The van der Waals surface area contributed by atoms with E-state index in [2.05, 4.69) is 104 Å². The highest BCUT2D eigenvalue weighted by Crippen LogP contribution is 2.43. The van der Waals surface area contributed by atoms with E-state index in [1.165, 1.54) is 0 Å². The number of hydrogen-bond donors (Lipinski definition) is 2. The van der Waals surface area contributed by atoms with Crippen LogP contribution in [0.2, 0.25) is 0 Å². The fourth-order valence-electron chi connectivity index (χ4n) is 5.40. The van der Waals surface area contributed by atoms with Gasteiger partial charge in [0.1, 0.15) is 23.7 Å². The Balaban J connectivity index is 1.91. The highest BCUT2D eigenvalue weighted by molar-refractivity contribution is 5.38. The summed E-state index contributed by atoms with van der Waals surface area (Å²) in [6.07, 6.45) is 25.9. The Kier molecular flexibility index (Phi) is 14.2. The summed E-state index contributed by atoms with van der Waals surface area (Å²) in [7, 11) is 0. The van der Waals surface area contributed by atoms with E-state index in [-0.39, 0.29) is 36.3 Å². The zero-order valence-electron chi connectivity index (χ0n) is 28.6. The van der Waals surface area contributed by atoms with E-state index in [0.29, 0.717) is 0 Å². The molecule has 44 heavy (non-hydrogen) atoms. The van der Waals surface area contributed by atoms with Crippen molar-refractivity contribution in [3.8, 4) is 11.8 Å². The Bertz CT molecular complexity index is 1280. The predicted molar refractivity (Wildman–Crippen MR) is 185 cm³/mol. The van der Waals surface area contributed by atoms with Gasteiger partial charge in [-0.3, -0.25) is 0 Å². The van der Waals surface area contributed by atoms with Gasteiger partial charge in [0.2, 0.25) is 0 Å². The second-order valence-electron chi connectivity index (χ2n) is 13.3. The fraction of sp³-hybridized carbons (Fsp3) is 0.450. The number of rotatable bonds is 10. The monoisotopic (exact) mass is 598 g/mol. The molecule has 2 rings (SSSR count). The van der Waals surface area contributed by atoms with E-state index >= 15 is 0 Å². The Morgan fingerprint density at radius 1 is 0.614 bits per heavy atom. The molecule has 0 amide bonds. The van der Waals surface area contributed by atoms with E-state index < -0.39 is 0 Å². The first-order valence-electron chi connectivity index (χ1n) is 15.6. The lowest BCUT2D eigenvalue weighted by molar-refractivity contribution is 0.0902. The van der Waals surface area contributed by atoms with Crippen LogP contribution in [0.1, 0.15) is 82.1 Å². The Hall–Kier alpha value is -3.52. The maximum Gasteiger partial charge on any atom is 0.122 e. The van der Waals surface area contributed by atoms with Gasteiger partial charge in [0.05, 0.1) is 13.2 Å². The maximum absolute atomic E-state index is 9.46. The molecule has 4 heteroatoms. The van der Waals surface area contributed by atoms with Crippen LogP contribution >= 0.6 is 0 Å². The maximum atomic E-state index is 9.46. The normalized spacial score (nSPS) is 25.2. The van der Waals surface area contributed by atoms with Gasteiger partial charge >= 0.3 is 0 Å². The molecule has 4 nitrogen and oxygen atoms in total. The average molecular weight is 599 g/mol. The molecule has 0 spiro atoms. The molecule has 2 saturated heterocycles. The minimum Gasteiger partial charge on any atom is -0.491 e. The molecule has 0 bridgehead atoms. The predicted octanol–water partition coefficient (Wildman–Crippen LogP) is 9.16. The van der Waals surface area contributed by atoms with Crippen molar-refractivity contribution in [2.75, 3.05) is 13.2 Å². The number of allylic oxidation sites excluding steroid dienone is 20. The van der Waals surface area contributed by atoms with Gasteiger partial charge in [0.15, 0.2) is 0 Å². The summed E-state index contributed by atoms with van der Waals surface area (Å²) in [6, 6.07) is 0. The molecule has 2 atom stereocenters. The van der Waals surface area contributed by atoms with Crippen molar-refractivity contribution in [3.05, 3.63) is 118 Å². The average Bonchev–Trinajstić information content (AvgIpc) is 3.46. The summed E-state index contributed by atoms with van der Waals surface area (Å²) in [5.41, 5.74) is 6.49. The van der Waals surface area contributed by atoms with Gasteiger partial charge in [0.25, 0.3) is 0 Å². The molecular formula is C40H54O4. The van der Waals surface area contributed by atoms with Gasteiger partial charge in [-0.1, -0.05) is 111 Å². The third kappa shape index (κ3) is 11.9. The van der Waals surface area contributed by atoms with Gasteiger partial charge < -0.3 is 19.7 Å². The van der Waals surface area contributed by atoms with Crippen LogP contribution in [0.4, 0.5) is 0 Å². The second kappa shape index (κ2) is 17.1. The molecule has 0 aliphatic carbocycles. The molecule has 0 aromatic heterocycles. The largest absolute Gasteiger partial charge is 0.491 e. The van der Waals surface area contributed by atoms with Crippen LogP contribution < -0.4 is 0 Å². The molecular weight excluding hydrogens is 544 g/mol. The number of aliphatic hydroxyl groups is 2. The molecule has 238 valence electrons. The lowest BCUT2D eigenvalue weighted by Crippen LogP contribution is -2.12. The Labute approximate surface area is 267 Å². The summed E-state index contributed by atoms with van der Waals surface area (Å²) in [4.78, 5) is 0. The molecule has 0 radical (unpaired) electrons. The summed E-state index contributed by atoms with van der Waals surface area (Å²) < 4.78 is 11.9. The first-order valence-corrected chi connectivity index (χ1v) is 15.6. The van der Waals surface area contributed by atoms with E-state index in [9.17, 15) is 10.2 Å². The number of ether oxygens (including phenoxy) is 2. The first-order chi connectivity index (χ1) is 20.7. The number of aliphatic hydroxyl groups excluding tert-OH is 2. The van der Waals surface area contributed by atoms with Crippen molar-refractivity contribution < 1.29 is 19.7 Å². The molecule has 0 aromatic carbocycles. The van der Waals surface area contributed by atoms with Crippen LogP contribution in [0.3, 0.4) is 0 Å². The highest BCUT2D eigenvalue weighted by atomic mass is 16.5. The van der Waals surface area contributed by atoms with Gasteiger partial charge in [-0.25, -0.2) is 0 Å². The van der Waals surface area contributed by atoms with E-state index in [0.717, 1.165) is 57.8 Å². The van der Waals surface area contributed by atoms with Crippen molar-refractivity contribution in [2.45, 2.75) is 94.3 Å². The minimum absolute atomic E-state index is 0.0522. The van der Waals surface area contributed by atoms with Crippen molar-refractivity contribution in [1.29, 1.82) is 0 Å². The molecule has 2 N–H and O–H groups in total. The number of hydrogen-bond acceptors (Lipinski definition) is 4. The quantitative estimate of drug-likeness (QED) is 0.194. The molecule has 0 saturated carbocycles. The third-order valence-corrected chi connectivity index (χ3v) is 7.71. The Morgan fingerprint density at radius 3 is 1.30 bits per heavy atom. The van der Waals surface area contributed by atoms with Gasteiger partial charge in [-0.2, -0.15) is 0 Å². The molecule has 2 aliphatic heterocycles. The standard InChI is InChI=1S/C40H54O4/c1-29(17-13-19-31(3)21-23-33(5)37-39(7,8)25-35(27-41)43-37)15-11-12-16-30(2)18-14-20-32(4)22-24-34(6)38-40(9,10)26-36(28-42)44-38/h13-24,35-36,41-42H,25-28H2,1-10H3/b17-13+,18-14+,23-21+,24-22+,29-15+,30-16+,31-19+,32-20+,37-33-,38-34-/t35-,36-/m0/s1. The van der Waals surface area contributed by atoms with E-state index in [4.69, 9.17) is 9.47 Å². The van der Waals surface area contributed by atoms with Crippen molar-refractivity contribution in [3.63, 3.8) is 0 Å². The van der Waals surface area contributed by atoms with Crippen molar-refractivity contribution >= 4 is 0 Å². The fourth-order valence-corrected chi connectivity index (χ4v) is 5.40. The van der Waals surface area contributed by atoms with Gasteiger partial charge in [-0.15, -0.1) is 0 Å². The van der Waals surface area contributed by atoms with Crippen LogP contribution in [0.25, 0.3) is 0 Å². The van der Waals surface area contributed by atoms with Crippen LogP contribution in [0, 0.1) is 22.7 Å². The second-order valence-corrected chi connectivity index (χ2v) is 13.3. The van der Waals surface area contributed by atoms with E-state index in [1.54, 1.807) is 0 Å². The van der Waals surface area contributed by atoms with E-state index in [1.807, 2.05) is 50.3 Å². The van der Waals surface area contributed by atoms with Gasteiger partial charge in [0, 0.05) is 10.8 Å². The molecule has 0 aromatic rings. The molecule has 2 aliphatic rings. The SMILES string of the molecule is CC(/C=C/C(C)=C/C=C/C(C)=C/C#C/C=C(C)/C=C/C=C(C)/C=C/C(C)=C1\O[C@H](CO)CC1(C)C)=C1/O[C@H](CO)CC1(C)C. The lowest BCUT2D eigenvalue weighted by atomic mass is 9.85. The van der Waals surface area contributed by atoms with Crippen LogP contribution in [-0.2, 0) is 9.47 Å². The minimum atomic E-state index is -0.114. The first kappa shape index (κ1) is 36.7. The summed E-state index contributed by atoms with van der Waals surface area (Å²) in [5, 5.41) is 18.9. The Morgan fingerprint density at radius 2 is 0.977 bits per heavy atom. The van der Waals surface area contributed by atoms with Crippen molar-refractivity contribution in [1.82, 2.24) is 0 Å². The summed E-state index contributed by atoms with van der Waals surface area (Å²) in [5.74, 6) is 8.15. The lowest BCUT2D eigenvalue weighted by Gasteiger charge is -2.18. The molecule has 2 fully saturated rings. The molecule has 0 unspecified atom stereocenters. The zero-order chi connectivity index (χ0) is 32.9. The molecule has 2 heterocycles. The smallest absolute Gasteiger partial charge is 0.122 e. The summed E-state index contributed by atoms with van der Waals surface area (Å²) >= 11 is 0. The van der Waals surface area contributed by atoms with Crippen LogP contribution in [0.15, 0.2) is 118 Å². The zero-order valence-corrected chi connectivity index (χ0v) is 28.6. The van der Waals surface area contributed by atoms with Crippen molar-refractivity contribution in [2.24, 2.45) is 10.8 Å². The highest BCUT2D eigenvalue weighted by Gasteiger charge is 2.39.